The summed E-state index contributed by atoms with van der Waals surface area (Å²) in [5.41, 5.74) is 1.30. The summed E-state index contributed by atoms with van der Waals surface area (Å²) >= 11 is 0. The SMILES string of the molecule is CN(Cc1ccc(OC(F)F)cc1)C(=O)CCc1ccccc1F. The van der Waals surface area contributed by atoms with Crippen LogP contribution in [0.5, 0.6) is 5.75 Å². The molecule has 0 heterocycles. The molecule has 24 heavy (non-hydrogen) atoms. The van der Waals surface area contributed by atoms with Crippen LogP contribution in [0.1, 0.15) is 17.5 Å². The number of amides is 1. The van der Waals surface area contributed by atoms with E-state index in [0.717, 1.165) is 5.56 Å². The van der Waals surface area contributed by atoms with Crippen molar-refractivity contribution in [3.05, 3.63) is 65.5 Å². The standard InChI is InChI=1S/C18H18F3NO2/c1-22(12-13-6-9-15(10-7-13)24-18(20)21)17(23)11-8-14-4-2-3-5-16(14)19/h2-7,9-10,18H,8,11-12H2,1H3. The minimum Gasteiger partial charge on any atom is -0.435 e. The summed E-state index contributed by atoms with van der Waals surface area (Å²) in [5.74, 6) is -0.365. The van der Waals surface area contributed by atoms with Gasteiger partial charge in [-0.1, -0.05) is 30.3 Å². The minimum absolute atomic E-state index is 0.0716. The number of hydrogen-bond donors (Lipinski definition) is 0. The predicted molar refractivity (Wildman–Crippen MR) is 84.3 cm³/mol. The number of nitrogens with zero attached hydrogens (tertiary/aromatic N) is 1. The average Bonchev–Trinajstić information content (AvgIpc) is 2.55. The van der Waals surface area contributed by atoms with Crippen LogP contribution in [0.25, 0.3) is 0 Å². The van der Waals surface area contributed by atoms with E-state index in [0.29, 0.717) is 18.5 Å². The zero-order valence-electron chi connectivity index (χ0n) is 13.2. The summed E-state index contributed by atoms with van der Waals surface area (Å²) in [6, 6.07) is 12.5. The molecule has 0 radical (unpaired) electrons. The molecule has 6 heteroatoms. The van der Waals surface area contributed by atoms with Gasteiger partial charge in [-0.2, -0.15) is 8.78 Å². The molecule has 2 aromatic rings. The summed E-state index contributed by atoms with van der Waals surface area (Å²) in [4.78, 5) is 13.6. The molecule has 0 unspecified atom stereocenters. The Morgan fingerprint density at radius 3 is 2.42 bits per heavy atom. The second-order valence-corrected chi connectivity index (χ2v) is 5.36. The van der Waals surface area contributed by atoms with E-state index in [1.54, 1.807) is 37.4 Å². The van der Waals surface area contributed by atoms with E-state index in [9.17, 15) is 18.0 Å². The molecule has 0 saturated carbocycles. The number of carbonyl (C=O) groups is 1. The number of halogens is 3. The smallest absolute Gasteiger partial charge is 0.387 e. The molecule has 0 N–H and O–H groups in total. The van der Waals surface area contributed by atoms with Gasteiger partial charge in [0.1, 0.15) is 11.6 Å². The summed E-state index contributed by atoms with van der Waals surface area (Å²) in [5, 5.41) is 0. The van der Waals surface area contributed by atoms with Gasteiger partial charge in [-0.25, -0.2) is 4.39 Å². The fourth-order valence-electron chi connectivity index (χ4n) is 2.27. The van der Waals surface area contributed by atoms with Crippen molar-refractivity contribution in [1.29, 1.82) is 0 Å². The van der Waals surface area contributed by atoms with Crippen LogP contribution >= 0.6 is 0 Å². The highest BCUT2D eigenvalue weighted by Gasteiger charge is 2.11. The lowest BCUT2D eigenvalue weighted by molar-refractivity contribution is -0.130. The highest BCUT2D eigenvalue weighted by atomic mass is 19.3. The molecule has 0 bridgehead atoms. The zero-order chi connectivity index (χ0) is 17.5. The minimum atomic E-state index is -2.86. The maximum atomic E-state index is 13.5. The maximum absolute atomic E-state index is 13.5. The number of hydrogen-bond acceptors (Lipinski definition) is 2. The van der Waals surface area contributed by atoms with E-state index in [4.69, 9.17) is 0 Å². The van der Waals surface area contributed by atoms with Gasteiger partial charge in [0.05, 0.1) is 0 Å². The van der Waals surface area contributed by atoms with E-state index >= 15 is 0 Å². The van der Waals surface area contributed by atoms with Gasteiger partial charge < -0.3 is 9.64 Å². The first-order valence-corrected chi connectivity index (χ1v) is 7.47. The quantitative estimate of drug-likeness (QED) is 0.764. The van der Waals surface area contributed by atoms with Crippen molar-refractivity contribution in [2.45, 2.75) is 26.0 Å². The van der Waals surface area contributed by atoms with Gasteiger partial charge >= 0.3 is 6.61 Å². The Morgan fingerprint density at radius 2 is 1.79 bits per heavy atom. The average molecular weight is 337 g/mol. The molecule has 0 atom stereocenters. The van der Waals surface area contributed by atoms with Crippen molar-refractivity contribution >= 4 is 5.91 Å². The molecule has 2 rings (SSSR count). The van der Waals surface area contributed by atoms with Crippen LogP contribution in [0.2, 0.25) is 0 Å². The number of carbonyl (C=O) groups excluding carboxylic acids is 1. The Labute approximate surface area is 138 Å². The summed E-state index contributed by atoms with van der Waals surface area (Å²) in [6.07, 6.45) is 0.529. The molecule has 0 spiro atoms. The van der Waals surface area contributed by atoms with Crippen molar-refractivity contribution < 1.29 is 22.7 Å². The van der Waals surface area contributed by atoms with Gasteiger partial charge in [0.15, 0.2) is 0 Å². The highest BCUT2D eigenvalue weighted by Crippen LogP contribution is 2.16. The van der Waals surface area contributed by atoms with Gasteiger partial charge in [-0.05, 0) is 35.7 Å². The van der Waals surface area contributed by atoms with Crippen LogP contribution in [0.4, 0.5) is 13.2 Å². The second kappa shape index (κ2) is 8.38. The molecule has 1 amide bonds. The molecule has 0 aliphatic heterocycles. The lowest BCUT2D eigenvalue weighted by Crippen LogP contribution is -2.26. The lowest BCUT2D eigenvalue weighted by atomic mass is 10.1. The third-order valence-electron chi connectivity index (χ3n) is 3.56. The van der Waals surface area contributed by atoms with Gasteiger partial charge in [-0.3, -0.25) is 4.79 Å². The molecule has 128 valence electrons. The van der Waals surface area contributed by atoms with E-state index in [1.165, 1.54) is 23.1 Å². The Hall–Kier alpha value is -2.50. The van der Waals surface area contributed by atoms with Crippen LogP contribution in [0.15, 0.2) is 48.5 Å². The first kappa shape index (κ1) is 17.8. The maximum Gasteiger partial charge on any atom is 0.387 e. The normalized spacial score (nSPS) is 10.7. The summed E-state index contributed by atoms with van der Waals surface area (Å²) in [6.45, 7) is -2.52. The van der Waals surface area contributed by atoms with Crippen LogP contribution in [-0.4, -0.2) is 24.5 Å². The van der Waals surface area contributed by atoms with Gasteiger partial charge in [0.25, 0.3) is 0 Å². The van der Waals surface area contributed by atoms with Crippen molar-refractivity contribution in [3.63, 3.8) is 0 Å². The largest absolute Gasteiger partial charge is 0.435 e. The molecule has 0 aliphatic rings. The molecule has 0 aromatic heterocycles. The van der Waals surface area contributed by atoms with Gasteiger partial charge in [0, 0.05) is 20.0 Å². The molecular formula is C18H18F3NO2. The third-order valence-corrected chi connectivity index (χ3v) is 3.56. The fraction of sp³-hybridized carbons (Fsp3) is 0.278. The topological polar surface area (TPSA) is 29.5 Å². The Kier molecular flexibility index (Phi) is 6.23. The van der Waals surface area contributed by atoms with E-state index < -0.39 is 6.61 Å². The monoisotopic (exact) mass is 337 g/mol. The van der Waals surface area contributed by atoms with Crippen LogP contribution in [0, 0.1) is 5.82 Å². The van der Waals surface area contributed by atoms with Gasteiger partial charge in [0.2, 0.25) is 5.91 Å². The Morgan fingerprint density at radius 1 is 1.12 bits per heavy atom. The highest BCUT2D eigenvalue weighted by molar-refractivity contribution is 5.76. The van der Waals surface area contributed by atoms with Gasteiger partial charge in [-0.15, -0.1) is 0 Å². The van der Waals surface area contributed by atoms with Crippen molar-refractivity contribution in [3.8, 4) is 5.75 Å². The van der Waals surface area contributed by atoms with Crippen LogP contribution < -0.4 is 4.74 Å². The number of benzene rings is 2. The summed E-state index contributed by atoms with van der Waals surface area (Å²) < 4.78 is 42.0. The summed E-state index contributed by atoms with van der Waals surface area (Å²) in [7, 11) is 1.65. The molecule has 2 aromatic carbocycles. The Balaban J connectivity index is 1.86. The number of ether oxygens (including phenoxy) is 1. The van der Waals surface area contributed by atoms with Crippen LogP contribution in [-0.2, 0) is 17.8 Å². The number of aryl methyl sites for hydroxylation is 1. The molecule has 0 saturated heterocycles. The fourth-order valence-corrected chi connectivity index (χ4v) is 2.27. The molecule has 0 fully saturated rings. The zero-order valence-corrected chi connectivity index (χ0v) is 13.2. The first-order valence-electron chi connectivity index (χ1n) is 7.47. The van der Waals surface area contributed by atoms with E-state index in [2.05, 4.69) is 4.74 Å². The van der Waals surface area contributed by atoms with Crippen LogP contribution in [0.3, 0.4) is 0 Å². The number of rotatable bonds is 7. The van der Waals surface area contributed by atoms with Crippen molar-refractivity contribution in [1.82, 2.24) is 4.90 Å². The molecule has 3 nitrogen and oxygen atoms in total. The second-order valence-electron chi connectivity index (χ2n) is 5.36. The molecule has 0 aliphatic carbocycles. The Bertz CT molecular complexity index is 674. The molecular weight excluding hydrogens is 319 g/mol. The predicted octanol–water partition coefficient (Wildman–Crippen LogP) is 4.02. The van der Waals surface area contributed by atoms with E-state index in [1.807, 2.05) is 0 Å². The van der Waals surface area contributed by atoms with E-state index in [-0.39, 0.29) is 23.9 Å². The van der Waals surface area contributed by atoms with Crippen molar-refractivity contribution in [2.24, 2.45) is 0 Å². The number of alkyl halides is 2. The lowest BCUT2D eigenvalue weighted by Gasteiger charge is -2.17. The third kappa shape index (κ3) is 5.30. The van der Waals surface area contributed by atoms with Crippen molar-refractivity contribution in [2.75, 3.05) is 7.05 Å². The first-order chi connectivity index (χ1) is 11.5.